The van der Waals surface area contributed by atoms with Gasteiger partial charge in [-0.3, -0.25) is 14.9 Å². The normalized spacial score (nSPS) is 10.6. The first-order chi connectivity index (χ1) is 11.6. The van der Waals surface area contributed by atoms with Crippen molar-refractivity contribution in [2.45, 2.75) is 11.8 Å². The number of carbonyl (C=O) groups excluding carboxylic acids is 2. The Hall–Kier alpha value is -2.38. The van der Waals surface area contributed by atoms with Gasteiger partial charge in [0.1, 0.15) is 5.69 Å². The van der Waals surface area contributed by atoms with E-state index in [2.05, 4.69) is 15.3 Å². The Morgan fingerprint density at radius 1 is 1.25 bits per heavy atom. The van der Waals surface area contributed by atoms with Crippen molar-refractivity contribution >= 4 is 39.9 Å². The molecule has 0 saturated heterocycles. The number of ketones is 1. The van der Waals surface area contributed by atoms with Crippen molar-refractivity contribution in [3.63, 3.8) is 0 Å². The van der Waals surface area contributed by atoms with Gasteiger partial charge in [-0.15, -0.1) is 23.1 Å². The lowest BCUT2D eigenvalue weighted by molar-refractivity contribution is 0.101. The molecule has 0 fully saturated rings. The molecule has 0 aliphatic rings. The molecule has 2 N–H and O–H groups in total. The Labute approximate surface area is 147 Å². The third-order valence-electron chi connectivity index (χ3n) is 3.44. The Morgan fingerprint density at radius 2 is 2.00 bits per heavy atom. The number of aromatic amines is 1. The average Bonchev–Trinajstić information content (AvgIpc) is 3.24. The highest BCUT2D eigenvalue weighted by Gasteiger charge is 2.13. The largest absolute Gasteiger partial charge is 0.356 e. The van der Waals surface area contributed by atoms with Crippen molar-refractivity contribution in [2.24, 2.45) is 0 Å². The van der Waals surface area contributed by atoms with Crippen molar-refractivity contribution in [1.82, 2.24) is 9.97 Å². The Bertz CT molecular complexity index is 881. The fourth-order valence-corrected chi connectivity index (χ4v) is 3.24. The van der Waals surface area contributed by atoms with E-state index < -0.39 is 0 Å². The van der Waals surface area contributed by atoms with Gasteiger partial charge in [-0.2, -0.15) is 0 Å². The van der Waals surface area contributed by atoms with Gasteiger partial charge >= 0.3 is 0 Å². The summed E-state index contributed by atoms with van der Waals surface area (Å²) in [6.45, 7) is 1.46. The predicted octanol–water partition coefficient (Wildman–Crippen LogP) is 4.32. The van der Waals surface area contributed by atoms with Crippen LogP contribution in [-0.2, 0) is 0 Å². The van der Waals surface area contributed by atoms with Crippen molar-refractivity contribution in [3.8, 4) is 11.3 Å². The average molecular weight is 357 g/mol. The van der Waals surface area contributed by atoms with Crippen LogP contribution in [0.25, 0.3) is 11.3 Å². The number of benzene rings is 1. The van der Waals surface area contributed by atoms with Gasteiger partial charge in [0, 0.05) is 27.6 Å². The fraction of sp³-hybridized carbons (Fsp3) is 0.118. The van der Waals surface area contributed by atoms with Crippen molar-refractivity contribution < 1.29 is 9.59 Å². The van der Waals surface area contributed by atoms with Gasteiger partial charge in [0.15, 0.2) is 10.9 Å². The molecule has 0 aliphatic carbocycles. The van der Waals surface area contributed by atoms with Gasteiger partial charge in [0.2, 0.25) is 0 Å². The maximum atomic E-state index is 12.2. The topological polar surface area (TPSA) is 74.8 Å². The summed E-state index contributed by atoms with van der Waals surface area (Å²) in [7, 11) is 0. The molecule has 0 atom stereocenters. The van der Waals surface area contributed by atoms with Crippen LogP contribution in [0.5, 0.6) is 0 Å². The van der Waals surface area contributed by atoms with Crippen LogP contribution in [0.3, 0.4) is 0 Å². The number of nitrogens with zero attached hydrogens (tertiary/aromatic N) is 1. The molecule has 0 bridgehead atoms. The zero-order valence-electron chi connectivity index (χ0n) is 13.1. The smallest absolute Gasteiger partial charge is 0.273 e. The first kappa shape index (κ1) is 16.5. The van der Waals surface area contributed by atoms with Crippen molar-refractivity contribution in [2.75, 3.05) is 11.6 Å². The maximum Gasteiger partial charge on any atom is 0.273 e. The first-order valence-corrected chi connectivity index (χ1v) is 9.28. The molecule has 0 spiro atoms. The van der Waals surface area contributed by atoms with Crippen LogP contribution in [0, 0.1) is 0 Å². The summed E-state index contributed by atoms with van der Waals surface area (Å²) in [4.78, 5) is 31.9. The van der Waals surface area contributed by atoms with E-state index in [1.165, 1.54) is 35.4 Å². The van der Waals surface area contributed by atoms with Gasteiger partial charge < -0.3 is 4.98 Å². The summed E-state index contributed by atoms with van der Waals surface area (Å²) >= 11 is 3.05. The molecular formula is C17H15N3O2S2. The van der Waals surface area contributed by atoms with E-state index in [0.29, 0.717) is 16.4 Å². The van der Waals surface area contributed by atoms with Crippen LogP contribution in [-0.4, -0.2) is 27.9 Å². The summed E-state index contributed by atoms with van der Waals surface area (Å²) in [5.41, 5.74) is 2.64. The summed E-state index contributed by atoms with van der Waals surface area (Å²) in [6, 6.07) is 9.64. The molecule has 1 aromatic carbocycles. The van der Waals surface area contributed by atoms with Crippen molar-refractivity contribution in [1.29, 1.82) is 0 Å². The highest BCUT2D eigenvalue weighted by molar-refractivity contribution is 7.98. The number of thioether (sulfide) groups is 1. The van der Waals surface area contributed by atoms with E-state index in [4.69, 9.17) is 0 Å². The van der Waals surface area contributed by atoms with Crippen LogP contribution < -0.4 is 5.32 Å². The third-order valence-corrected chi connectivity index (χ3v) is 4.95. The number of nitrogens with one attached hydrogen (secondary N) is 2. The third kappa shape index (κ3) is 3.58. The van der Waals surface area contributed by atoms with Crippen LogP contribution in [0.15, 0.2) is 46.8 Å². The Kier molecular flexibility index (Phi) is 4.82. The molecule has 3 rings (SSSR count). The Balaban J connectivity index is 1.72. The summed E-state index contributed by atoms with van der Waals surface area (Å²) in [6.07, 6.45) is 3.56. The quantitative estimate of drug-likeness (QED) is 0.527. The van der Waals surface area contributed by atoms with E-state index in [9.17, 15) is 9.59 Å². The van der Waals surface area contributed by atoms with Gasteiger partial charge in [-0.25, -0.2) is 4.98 Å². The van der Waals surface area contributed by atoms with Crippen LogP contribution in [0.4, 0.5) is 5.13 Å². The van der Waals surface area contributed by atoms with E-state index in [1.807, 2.05) is 35.9 Å². The monoisotopic (exact) mass is 357 g/mol. The van der Waals surface area contributed by atoms with Crippen LogP contribution >= 0.6 is 23.1 Å². The maximum absolute atomic E-state index is 12.2. The minimum Gasteiger partial charge on any atom is -0.356 e. The molecule has 0 saturated carbocycles. The molecule has 0 radical (unpaired) electrons. The highest BCUT2D eigenvalue weighted by Crippen LogP contribution is 2.27. The number of hydrogen-bond donors (Lipinski definition) is 2. The fourth-order valence-electron chi connectivity index (χ4n) is 2.12. The number of thiazole rings is 1. The zero-order valence-corrected chi connectivity index (χ0v) is 14.8. The molecule has 0 aliphatic heterocycles. The second-order valence-corrected chi connectivity index (χ2v) is 6.82. The van der Waals surface area contributed by atoms with E-state index in [1.54, 1.807) is 11.8 Å². The molecule has 24 heavy (non-hydrogen) atoms. The molecule has 3 aromatic rings. The van der Waals surface area contributed by atoms with Crippen LogP contribution in [0.1, 0.15) is 27.8 Å². The van der Waals surface area contributed by atoms with E-state index >= 15 is 0 Å². The van der Waals surface area contributed by atoms with Crippen LogP contribution in [0.2, 0.25) is 0 Å². The lowest BCUT2D eigenvalue weighted by Gasteiger charge is -2.00. The van der Waals surface area contributed by atoms with E-state index in [-0.39, 0.29) is 11.7 Å². The van der Waals surface area contributed by atoms with Gasteiger partial charge in [0.05, 0.1) is 5.69 Å². The number of rotatable bonds is 5. The number of Topliss-reactive ketones (excluding diaryl/α,β-unsaturated/α-hetero) is 1. The number of anilines is 1. The number of aromatic nitrogens is 2. The second kappa shape index (κ2) is 7.02. The molecule has 2 heterocycles. The second-order valence-electron chi connectivity index (χ2n) is 5.08. The standard InChI is InChI=1S/C17H15N3O2S2/c1-10(21)12-7-14(18-8-12)16(22)20-17-19-15(9-24-17)11-3-5-13(23-2)6-4-11/h3-9,18H,1-2H3,(H,19,20,22). The molecular weight excluding hydrogens is 342 g/mol. The summed E-state index contributed by atoms with van der Waals surface area (Å²) < 4.78 is 0. The predicted molar refractivity (Wildman–Crippen MR) is 98.1 cm³/mol. The number of carbonyl (C=O) groups is 2. The SMILES string of the molecule is CSc1ccc(-c2csc(NC(=O)c3cc(C(C)=O)c[nH]3)n2)cc1. The number of amides is 1. The lowest BCUT2D eigenvalue weighted by Crippen LogP contribution is -2.11. The summed E-state index contributed by atoms with van der Waals surface area (Å²) in [5.74, 6) is -0.406. The first-order valence-electron chi connectivity index (χ1n) is 7.17. The zero-order chi connectivity index (χ0) is 17.1. The minimum atomic E-state index is -0.318. The Morgan fingerprint density at radius 3 is 2.62 bits per heavy atom. The molecule has 0 unspecified atom stereocenters. The lowest BCUT2D eigenvalue weighted by atomic mass is 10.2. The minimum absolute atomic E-state index is 0.0875. The number of hydrogen-bond acceptors (Lipinski definition) is 5. The number of H-pyrrole nitrogens is 1. The van der Waals surface area contributed by atoms with Gasteiger partial charge in [0.25, 0.3) is 5.91 Å². The molecule has 1 amide bonds. The molecule has 7 heteroatoms. The summed E-state index contributed by atoms with van der Waals surface area (Å²) in [5, 5.41) is 5.16. The van der Waals surface area contributed by atoms with Gasteiger partial charge in [-0.05, 0) is 31.4 Å². The molecule has 2 aromatic heterocycles. The van der Waals surface area contributed by atoms with Crippen molar-refractivity contribution in [3.05, 3.63) is 53.2 Å². The van der Waals surface area contributed by atoms with Gasteiger partial charge in [-0.1, -0.05) is 12.1 Å². The highest BCUT2D eigenvalue weighted by atomic mass is 32.2. The molecule has 5 nitrogen and oxygen atoms in total. The molecule has 122 valence electrons. The van der Waals surface area contributed by atoms with E-state index in [0.717, 1.165) is 11.3 Å².